The molecule has 37 heavy (non-hydrogen) atoms. The lowest BCUT2D eigenvalue weighted by Gasteiger charge is -2.42. The first-order valence-corrected chi connectivity index (χ1v) is 13.3. The van der Waals surface area contributed by atoms with E-state index in [1.54, 1.807) is 10.8 Å². The van der Waals surface area contributed by atoms with Crippen molar-refractivity contribution in [1.82, 2.24) is 9.55 Å². The monoisotopic (exact) mass is 508 g/mol. The summed E-state index contributed by atoms with van der Waals surface area (Å²) in [7, 11) is 0. The fourth-order valence-corrected chi connectivity index (χ4v) is 6.08. The molecule has 6 rings (SSSR count). The highest BCUT2D eigenvalue weighted by atomic mass is 35.5. The Labute approximate surface area is 221 Å². The van der Waals surface area contributed by atoms with Crippen LogP contribution in [0.1, 0.15) is 54.4 Å². The van der Waals surface area contributed by atoms with E-state index in [1.807, 2.05) is 60.7 Å². The van der Waals surface area contributed by atoms with Gasteiger partial charge >= 0.3 is 0 Å². The highest BCUT2D eigenvalue weighted by Crippen LogP contribution is 2.48. The Kier molecular flexibility index (Phi) is 6.39. The summed E-state index contributed by atoms with van der Waals surface area (Å²) < 4.78 is 1.76. The van der Waals surface area contributed by atoms with Gasteiger partial charge in [-0.1, -0.05) is 97.6 Å². The fraction of sp³-hybridized carbons (Fsp3) is 0.258. The number of hydrazone groups is 1. The van der Waals surface area contributed by atoms with Crippen LogP contribution in [-0.2, 0) is 18.4 Å². The Hall–Kier alpha value is -3.70. The van der Waals surface area contributed by atoms with Crippen molar-refractivity contribution < 1.29 is 0 Å². The lowest BCUT2D eigenvalue weighted by Crippen LogP contribution is -2.43. The lowest BCUT2D eigenvalue weighted by atomic mass is 9.62. The average Bonchev–Trinajstić information content (AvgIpc) is 2.92. The summed E-state index contributed by atoms with van der Waals surface area (Å²) in [4.78, 5) is 19.5. The number of nitrogens with one attached hydrogen (secondary N) is 1. The third kappa shape index (κ3) is 4.60. The molecule has 1 aromatic heterocycles. The van der Waals surface area contributed by atoms with Gasteiger partial charge in [0.25, 0.3) is 5.56 Å². The maximum atomic E-state index is 14.4. The van der Waals surface area contributed by atoms with Gasteiger partial charge in [-0.05, 0) is 48.1 Å². The first-order valence-electron chi connectivity index (χ1n) is 13.0. The molecule has 2 aliphatic carbocycles. The van der Waals surface area contributed by atoms with Crippen LogP contribution in [0.5, 0.6) is 0 Å². The number of benzene rings is 3. The molecular weight excluding hydrogens is 480 g/mol. The second-order valence-electron chi connectivity index (χ2n) is 10.1. The van der Waals surface area contributed by atoms with Crippen molar-refractivity contribution >= 4 is 23.8 Å². The molecule has 5 nitrogen and oxygen atoms in total. The topological polar surface area (TPSA) is 59.3 Å². The number of fused-ring (bicyclic) bond motifs is 4. The standard InChI is InChI=1S/C31H29ClN4O/c32-25-15-13-22(14-16-25)20-33-35-30-34-28-26-12-6-5-11-24(26)19-31(17-7-2-8-18-31)27(28)29(37)36(30)21-23-9-3-1-4-10-23/h1,3-6,9-16,20H,2,7-8,17-19,21H2,(H,34,35)/b33-20+. The normalized spacial score (nSPS) is 15.9. The molecule has 0 bridgehead atoms. The van der Waals surface area contributed by atoms with Gasteiger partial charge in [0.15, 0.2) is 0 Å². The number of nitrogens with zero attached hydrogens (tertiary/aromatic N) is 3. The Bertz CT molecular complexity index is 1500. The van der Waals surface area contributed by atoms with Crippen LogP contribution in [0.15, 0.2) is 88.8 Å². The molecule has 1 saturated carbocycles. The highest BCUT2D eigenvalue weighted by Gasteiger charge is 2.43. The van der Waals surface area contributed by atoms with Crippen LogP contribution in [0.2, 0.25) is 5.02 Å². The second-order valence-corrected chi connectivity index (χ2v) is 10.6. The molecule has 0 aliphatic heterocycles. The number of aromatic nitrogens is 2. The Morgan fingerprint density at radius 3 is 2.46 bits per heavy atom. The fourth-order valence-electron chi connectivity index (χ4n) is 5.95. The smallest absolute Gasteiger partial charge is 0.259 e. The van der Waals surface area contributed by atoms with E-state index in [9.17, 15) is 4.79 Å². The second kappa shape index (κ2) is 9.98. The number of hydrogen-bond donors (Lipinski definition) is 1. The quantitative estimate of drug-likeness (QED) is 0.238. The SMILES string of the molecule is O=c1c2c(nc(N/N=C/c3ccc(Cl)cc3)n1Cc1ccccc1)-c1ccccc1CC21CCCCC1. The van der Waals surface area contributed by atoms with Crippen molar-refractivity contribution in [2.75, 3.05) is 5.43 Å². The van der Waals surface area contributed by atoms with E-state index in [1.165, 1.54) is 12.0 Å². The summed E-state index contributed by atoms with van der Waals surface area (Å²) in [6.45, 7) is 0.427. The summed E-state index contributed by atoms with van der Waals surface area (Å²) >= 11 is 6.02. The minimum atomic E-state index is -0.157. The van der Waals surface area contributed by atoms with Gasteiger partial charge in [-0.3, -0.25) is 9.36 Å². The Balaban J connectivity index is 1.50. The predicted octanol–water partition coefficient (Wildman–Crippen LogP) is 6.82. The minimum absolute atomic E-state index is 0.0365. The molecule has 0 saturated heterocycles. The van der Waals surface area contributed by atoms with Gasteiger partial charge in [0.05, 0.1) is 24.0 Å². The van der Waals surface area contributed by atoms with Crippen LogP contribution in [0.3, 0.4) is 0 Å². The van der Waals surface area contributed by atoms with Crippen LogP contribution in [-0.4, -0.2) is 15.8 Å². The van der Waals surface area contributed by atoms with Gasteiger partial charge in [0.1, 0.15) is 0 Å². The summed E-state index contributed by atoms with van der Waals surface area (Å²) in [5.41, 5.74) is 8.95. The maximum absolute atomic E-state index is 14.4. The van der Waals surface area contributed by atoms with Crippen molar-refractivity contribution in [2.45, 2.75) is 50.5 Å². The van der Waals surface area contributed by atoms with Crippen LogP contribution in [0.25, 0.3) is 11.3 Å². The number of anilines is 1. The Morgan fingerprint density at radius 1 is 0.946 bits per heavy atom. The lowest BCUT2D eigenvalue weighted by molar-refractivity contribution is 0.283. The average molecular weight is 509 g/mol. The maximum Gasteiger partial charge on any atom is 0.259 e. The largest absolute Gasteiger partial charge is 0.273 e. The summed E-state index contributed by atoms with van der Waals surface area (Å²) in [6, 6.07) is 25.9. The number of halogens is 1. The summed E-state index contributed by atoms with van der Waals surface area (Å²) in [6.07, 6.45) is 8.18. The summed E-state index contributed by atoms with van der Waals surface area (Å²) in [5, 5.41) is 5.13. The minimum Gasteiger partial charge on any atom is -0.273 e. The van der Waals surface area contributed by atoms with Gasteiger partial charge in [-0.2, -0.15) is 5.10 Å². The van der Waals surface area contributed by atoms with E-state index in [0.29, 0.717) is 17.5 Å². The third-order valence-corrected chi connectivity index (χ3v) is 8.00. The molecule has 3 aromatic carbocycles. The molecule has 0 atom stereocenters. The van der Waals surface area contributed by atoms with Crippen molar-refractivity contribution in [3.63, 3.8) is 0 Å². The van der Waals surface area contributed by atoms with Crippen molar-refractivity contribution in [3.05, 3.63) is 116 Å². The molecule has 0 radical (unpaired) electrons. The zero-order valence-electron chi connectivity index (χ0n) is 20.7. The van der Waals surface area contributed by atoms with Gasteiger partial charge in [0.2, 0.25) is 5.95 Å². The molecular formula is C31H29ClN4O. The van der Waals surface area contributed by atoms with Crippen molar-refractivity contribution in [2.24, 2.45) is 5.10 Å². The molecule has 0 amide bonds. The molecule has 0 unspecified atom stereocenters. The zero-order valence-corrected chi connectivity index (χ0v) is 21.4. The molecule has 186 valence electrons. The van der Waals surface area contributed by atoms with E-state index in [2.05, 4.69) is 28.7 Å². The van der Waals surface area contributed by atoms with E-state index >= 15 is 0 Å². The molecule has 4 aromatic rings. The van der Waals surface area contributed by atoms with E-state index in [0.717, 1.165) is 60.1 Å². The highest BCUT2D eigenvalue weighted by molar-refractivity contribution is 6.30. The van der Waals surface area contributed by atoms with Gasteiger partial charge in [-0.25, -0.2) is 10.4 Å². The van der Waals surface area contributed by atoms with Crippen LogP contribution >= 0.6 is 11.6 Å². The van der Waals surface area contributed by atoms with Gasteiger partial charge < -0.3 is 0 Å². The van der Waals surface area contributed by atoms with Crippen LogP contribution in [0, 0.1) is 0 Å². The van der Waals surface area contributed by atoms with Gasteiger partial charge in [0, 0.05) is 16.0 Å². The van der Waals surface area contributed by atoms with E-state index in [-0.39, 0.29) is 11.0 Å². The van der Waals surface area contributed by atoms with Gasteiger partial charge in [-0.15, -0.1) is 0 Å². The Morgan fingerprint density at radius 2 is 1.68 bits per heavy atom. The first-order chi connectivity index (χ1) is 18.1. The van der Waals surface area contributed by atoms with Crippen LogP contribution in [0.4, 0.5) is 5.95 Å². The molecule has 1 N–H and O–H groups in total. The molecule has 1 spiro atoms. The molecule has 1 heterocycles. The molecule has 2 aliphatic rings. The predicted molar refractivity (Wildman–Crippen MR) is 151 cm³/mol. The van der Waals surface area contributed by atoms with Crippen molar-refractivity contribution in [1.29, 1.82) is 0 Å². The number of rotatable bonds is 5. The first kappa shape index (κ1) is 23.7. The molecule has 1 fully saturated rings. The zero-order chi connectivity index (χ0) is 25.2. The van der Waals surface area contributed by atoms with Crippen LogP contribution < -0.4 is 11.0 Å². The van der Waals surface area contributed by atoms with E-state index < -0.39 is 0 Å². The number of hydrogen-bond acceptors (Lipinski definition) is 4. The van der Waals surface area contributed by atoms with E-state index in [4.69, 9.17) is 16.6 Å². The van der Waals surface area contributed by atoms with Crippen molar-refractivity contribution in [3.8, 4) is 11.3 Å². The molecule has 6 heteroatoms. The third-order valence-electron chi connectivity index (χ3n) is 7.74. The summed E-state index contributed by atoms with van der Waals surface area (Å²) in [5.74, 6) is 0.445.